The molecule has 3 aromatic heterocycles. The highest BCUT2D eigenvalue weighted by atomic mass is 32.1. The zero-order chi connectivity index (χ0) is 26.0. The van der Waals surface area contributed by atoms with Gasteiger partial charge in [-0.15, -0.1) is 0 Å². The van der Waals surface area contributed by atoms with Crippen LogP contribution in [0.4, 0.5) is 19.0 Å². The number of benzene rings is 1. The van der Waals surface area contributed by atoms with Crippen LogP contribution in [0.15, 0.2) is 59.4 Å². The molecule has 0 spiro atoms. The number of nitrogens with one attached hydrogen (secondary N) is 1. The summed E-state index contributed by atoms with van der Waals surface area (Å²) in [6, 6.07) is 13.0. The van der Waals surface area contributed by atoms with Crippen molar-refractivity contribution in [1.29, 1.82) is 5.26 Å². The van der Waals surface area contributed by atoms with Crippen LogP contribution in [0.1, 0.15) is 34.5 Å². The molecule has 0 radical (unpaired) electrons. The van der Waals surface area contributed by atoms with E-state index in [4.69, 9.17) is 5.26 Å². The number of carbonyl (C=O) groups excluding carboxylic acids is 1. The van der Waals surface area contributed by atoms with Crippen molar-refractivity contribution in [3.05, 3.63) is 76.2 Å². The van der Waals surface area contributed by atoms with Crippen LogP contribution < -0.4 is 5.32 Å². The Kier molecular flexibility index (Phi) is 6.80. The first kappa shape index (κ1) is 24.7. The number of carbonyl (C=O) groups is 1. The fourth-order valence-electron chi connectivity index (χ4n) is 4.53. The highest BCUT2D eigenvalue weighted by Crippen LogP contribution is 2.35. The highest BCUT2D eigenvalue weighted by molar-refractivity contribution is 7.08. The summed E-state index contributed by atoms with van der Waals surface area (Å²) in [5, 5.41) is 16.6. The predicted molar refractivity (Wildman–Crippen MR) is 136 cm³/mol. The van der Waals surface area contributed by atoms with E-state index >= 15 is 0 Å². The van der Waals surface area contributed by atoms with Crippen LogP contribution >= 0.6 is 11.3 Å². The second-order valence-corrected chi connectivity index (χ2v) is 9.71. The van der Waals surface area contributed by atoms with Gasteiger partial charge in [-0.25, -0.2) is 9.97 Å². The molecular formula is C27H22F3N5OS. The van der Waals surface area contributed by atoms with Gasteiger partial charge in [-0.3, -0.25) is 4.79 Å². The molecule has 5 rings (SSSR count). The number of amides is 1. The van der Waals surface area contributed by atoms with Gasteiger partial charge in [0.15, 0.2) is 0 Å². The number of fused-ring (bicyclic) bond motifs is 1. The van der Waals surface area contributed by atoms with Crippen LogP contribution in [0.3, 0.4) is 0 Å². The van der Waals surface area contributed by atoms with Gasteiger partial charge < -0.3 is 10.2 Å². The summed E-state index contributed by atoms with van der Waals surface area (Å²) in [7, 11) is 0. The average Bonchev–Trinajstić information content (AvgIpc) is 3.45. The van der Waals surface area contributed by atoms with E-state index in [0.717, 1.165) is 24.5 Å². The Hall–Kier alpha value is -3.97. The number of anilines is 1. The van der Waals surface area contributed by atoms with E-state index in [2.05, 4.69) is 21.4 Å². The molecule has 0 saturated carbocycles. The molecule has 4 aromatic rings. The third kappa shape index (κ3) is 5.27. The van der Waals surface area contributed by atoms with Gasteiger partial charge in [-0.2, -0.15) is 29.8 Å². The monoisotopic (exact) mass is 521 g/mol. The summed E-state index contributed by atoms with van der Waals surface area (Å²) >= 11 is 1.45. The molecule has 1 amide bonds. The third-order valence-corrected chi connectivity index (χ3v) is 7.23. The minimum Gasteiger partial charge on any atom is -0.369 e. The maximum absolute atomic E-state index is 13.4. The molecule has 37 heavy (non-hydrogen) atoms. The number of hydrogen-bond donors (Lipinski definition) is 1. The largest absolute Gasteiger partial charge is 0.433 e. The Labute approximate surface area is 215 Å². The number of halogens is 3. The Morgan fingerprint density at radius 3 is 2.70 bits per heavy atom. The number of rotatable bonds is 5. The van der Waals surface area contributed by atoms with Crippen LogP contribution in [0.5, 0.6) is 0 Å². The van der Waals surface area contributed by atoms with Gasteiger partial charge in [-0.05, 0) is 71.5 Å². The second kappa shape index (κ2) is 10.2. The fraction of sp³-hybridized carbons (Fsp3) is 0.259. The first-order chi connectivity index (χ1) is 17.8. The lowest BCUT2D eigenvalue weighted by molar-refractivity contribution is -0.140. The number of nitrogens with zero attached hydrogens (tertiary/aromatic N) is 4. The Morgan fingerprint density at radius 1 is 1.19 bits per heavy atom. The van der Waals surface area contributed by atoms with E-state index in [0.29, 0.717) is 47.5 Å². The molecule has 0 aliphatic carbocycles. The molecule has 6 nitrogen and oxygen atoms in total. The summed E-state index contributed by atoms with van der Waals surface area (Å²) in [5.74, 6) is 0.666. The molecule has 188 valence electrons. The molecule has 1 saturated heterocycles. The van der Waals surface area contributed by atoms with Crippen molar-refractivity contribution in [3.8, 4) is 17.2 Å². The van der Waals surface area contributed by atoms with E-state index < -0.39 is 11.9 Å². The van der Waals surface area contributed by atoms with Gasteiger partial charge in [0.1, 0.15) is 11.5 Å². The standard InChI is InChI=1S/C27H22F3N5OS/c28-27(29,30)23-5-4-21-24(34-23)22(20-8-11-37-16-20)15-33-25(21)32-14-17-6-9-35(10-7-17)26(36)19-3-1-2-18(12-19)13-31/h1-5,8,11-12,15-17H,6-7,9-10,14H2,(H,32,33). The van der Waals surface area contributed by atoms with Crippen molar-refractivity contribution >= 4 is 34.0 Å². The lowest BCUT2D eigenvalue weighted by Crippen LogP contribution is -2.40. The maximum Gasteiger partial charge on any atom is 0.433 e. The summed E-state index contributed by atoms with van der Waals surface area (Å²) < 4.78 is 40.1. The second-order valence-electron chi connectivity index (χ2n) is 8.93. The molecule has 4 heterocycles. The normalized spacial score (nSPS) is 14.5. The molecule has 1 fully saturated rings. The molecular weight excluding hydrogens is 499 g/mol. The number of likely N-dealkylation sites (tertiary alicyclic amines) is 1. The number of alkyl halides is 3. The fourth-order valence-corrected chi connectivity index (χ4v) is 5.18. The molecule has 1 aromatic carbocycles. The third-order valence-electron chi connectivity index (χ3n) is 6.55. The van der Waals surface area contributed by atoms with Crippen LogP contribution in [0.25, 0.3) is 22.0 Å². The zero-order valence-corrected chi connectivity index (χ0v) is 20.4. The van der Waals surface area contributed by atoms with E-state index in [-0.39, 0.29) is 17.3 Å². The lowest BCUT2D eigenvalue weighted by atomic mass is 9.96. The number of piperidine rings is 1. The van der Waals surface area contributed by atoms with E-state index in [1.807, 2.05) is 16.8 Å². The van der Waals surface area contributed by atoms with Crippen molar-refractivity contribution < 1.29 is 18.0 Å². The SMILES string of the molecule is N#Cc1cccc(C(=O)N2CCC(CNc3ncc(-c4ccsc4)c4nc(C(F)(F)F)ccc34)CC2)c1. The highest BCUT2D eigenvalue weighted by Gasteiger charge is 2.33. The molecule has 1 aliphatic rings. The minimum absolute atomic E-state index is 0.0910. The number of hydrogen-bond acceptors (Lipinski definition) is 6. The molecule has 0 atom stereocenters. The zero-order valence-electron chi connectivity index (χ0n) is 19.6. The van der Waals surface area contributed by atoms with Crippen molar-refractivity contribution in [1.82, 2.24) is 14.9 Å². The van der Waals surface area contributed by atoms with Crippen molar-refractivity contribution in [2.75, 3.05) is 25.0 Å². The number of thiophene rings is 1. The number of pyridine rings is 2. The maximum atomic E-state index is 13.4. The first-order valence-electron chi connectivity index (χ1n) is 11.8. The van der Waals surface area contributed by atoms with E-state index in [1.54, 1.807) is 35.4 Å². The van der Waals surface area contributed by atoms with Gasteiger partial charge in [-0.1, -0.05) is 6.07 Å². The quantitative estimate of drug-likeness (QED) is 0.338. The Morgan fingerprint density at radius 2 is 2.00 bits per heavy atom. The topological polar surface area (TPSA) is 81.9 Å². The van der Waals surface area contributed by atoms with E-state index in [1.165, 1.54) is 17.4 Å². The van der Waals surface area contributed by atoms with E-state index in [9.17, 15) is 18.0 Å². The van der Waals surface area contributed by atoms with Crippen LogP contribution in [-0.2, 0) is 6.18 Å². The van der Waals surface area contributed by atoms with Crippen LogP contribution in [0.2, 0.25) is 0 Å². The Bertz CT molecular complexity index is 1470. The van der Waals surface area contributed by atoms with Crippen LogP contribution in [0, 0.1) is 17.2 Å². The summed E-state index contributed by atoms with van der Waals surface area (Å²) in [6.07, 6.45) is -1.43. The van der Waals surface area contributed by atoms with Gasteiger partial charge in [0.25, 0.3) is 5.91 Å². The smallest absolute Gasteiger partial charge is 0.369 e. The van der Waals surface area contributed by atoms with Crippen molar-refractivity contribution in [3.63, 3.8) is 0 Å². The van der Waals surface area contributed by atoms with Crippen molar-refractivity contribution in [2.45, 2.75) is 19.0 Å². The van der Waals surface area contributed by atoms with Crippen molar-refractivity contribution in [2.24, 2.45) is 5.92 Å². The van der Waals surface area contributed by atoms with Crippen LogP contribution in [-0.4, -0.2) is 40.4 Å². The number of nitriles is 1. The van der Waals surface area contributed by atoms with Gasteiger partial charge in [0.2, 0.25) is 0 Å². The minimum atomic E-state index is -4.54. The predicted octanol–water partition coefficient (Wildman–Crippen LogP) is 6.21. The van der Waals surface area contributed by atoms with Gasteiger partial charge >= 0.3 is 6.18 Å². The molecule has 1 N–H and O–H groups in total. The average molecular weight is 522 g/mol. The Balaban J connectivity index is 1.29. The molecule has 0 unspecified atom stereocenters. The molecule has 10 heteroatoms. The first-order valence-corrected chi connectivity index (χ1v) is 12.7. The molecule has 1 aliphatic heterocycles. The lowest BCUT2D eigenvalue weighted by Gasteiger charge is -2.32. The summed E-state index contributed by atoms with van der Waals surface area (Å²) in [6.45, 7) is 1.75. The summed E-state index contributed by atoms with van der Waals surface area (Å²) in [4.78, 5) is 23.1. The summed E-state index contributed by atoms with van der Waals surface area (Å²) in [5.41, 5.74) is 1.60. The van der Waals surface area contributed by atoms with Gasteiger partial charge in [0, 0.05) is 42.3 Å². The number of aromatic nitrogens is 2. The van der Waals surface area contributed by atoms with Gasteiger partial charge in [0.05, 0.1) is 17.1 Å². The molecule has 0 bridgehead atoms.